The Morgan fingerprint density at radius 2 is 1.67 bits per heavy atom. The lowest BCUT2D eigenvalue weighted by Crippen LogP contribution is -2.26. The van der Waals surface area contributed by atoms with Gasteiger partial charge in [0.25, 0.3) is 0 Å². The molecular formula is C31H38O8. The number of hydrogen-bond donors (Lipinski definition) is 0. The molecule has 3 atom stereocenters. The van der Waals surface area contributed by atoms with Crippen molar-refractivity contribution >= 4 is 23.9 Å². The van der Waals surface area contributed by atoms with Crippen molar-refractivity contribution in [3.05, 3.63) is 82.5 Å². The predicted octanol–water partition coefficient (Wildman–Crippen LogP) is 5.59. The van der Waals surface area contributed by atoms with Gasteiger partial charge in [0, 0.05) is 20.3 Å². The van der Waals surface area contributed by atoms with E-state index >= 15 is 0 Å². The summed E-state index contributed by atoms with van der Waals surface area (Å²) >= 11 is 0. The Labute approximate surface area is 230 Å². The molecule has 0 aliphatic carbocycles. The normalized spacial score (nSPS) is 19.2. The lowest BCUT2D eigenvalue weighted by atomic mass is 10.0. The molecule has 8 nitrogen and oxygen atoms in total. The molecular weight excluding hydrogens is 500 g/mol. The van der Waals surface area contributed by atoms with Gasteiger partial charge in [-0.15, -0.1) is 0 Å². The second-order valence-electron chi connectivity index (χ2n) is 9.64. The summed E-state index contributed by atoms with van der Waals surface area (Å²) in [5.74, 6) is -1.92. The third-order valence-corrected chi connectivity index (χ3v) is 5.90. The highest BCUT2D eigenvalue weighted by atomic mass is 16.6. The number of rotatable bonds is 12. The van der Waals surface area contributed by atoms with Gasteiger partial charge in [0.05, 0.1) is 11.1 Å². The zero-order valence-corrected chi connectivity index (χ0v) is 23.5. The number of hydrogen-bond acceptors (Lipinski definition) is 8. The summed E-state index contributed by atoms with van der Waals surface area (Å²) in [6, 6.07) is 8.81. The summed E-state index contributed by atoms with van der Waals surface area (Å²) in [5, 5.41) is 0. The van der Waals surface area contributed by atoms with Crippen molar-refractivity contribution in [1.82, 2.24) is 0 Å². The van der Waals surface area contributed by atoms with E-state index in [4.69, 9.17) is 18.9 Å². The van der Waals surface area contributed by atoms with Crippen molar-refractivity contribution in [1.29, 1.82) is 0 Å². The van der Waals surface area contributed by atoms with E-state index in [9.17, 15) is 19.2 Å². The summed E-state index contributed by atoms with van der Waals surface area (Å²) in [6.45, 7) is 10.3. The Morgan fingerprint density at radius 1 is 0.974 bits per heavy atom. The Bertz CT molecular complexity index is 1150. The van der Waals surface area contributed by atoms with E-state index in [-0.39, 0.29) is 24.6 Å². The highest BCUT2D eigenvalue weighted by molar-refractivity contribution is 5.93. The van der Waals surface area contributed by atoms with Crippen LogP contribution < -0.4 is 0 Å². The standard InChI is InChI=1S/C31H38O8/c1-20(2)19-28-29(38-24(6)33)26(31(35)39-28)15-16-27(37-23(5)32)22(4)12-10-11-21(3)17-18-36-30(34)25-13-8-7-9-14-25/h7-9,12-15,17,19,27-29H,10-11,16,18H2,1-6H3/b21-17-,22-12+,26-15-/t27?,28-,29+/m1/s1. The molecule has 0 radical (unpaired) electrons. The van der Waals surface area contributed by atoms with Gasteiger partial charge in [0.2, 0.25) is 0 Å². The molecule has 1 aromatic rings. The maximum atomic E-state index is 12.5. The first-order valence-corrected chi connectivity index (χ1v) is 12.9. The monoisotopic (exact) mass is 538 g/mol. The zero-order valence-electron chi connectivity index (χ0n) is 23.5. The highest BCUT2D eigenvalue weighted by Gasteiger charge is 2.41. The molecule has 1 fully saturated rings. The topological polar surface area (TPSA) is 105 Å². The molecule has 1 saturated heterocycles. The van der Waals surface area contributed by atoms with Gasteiger partial charge in [0.1, 0.15) is 12.7 Å². The second-order valence-corrected chi connectivity index (χ2v) is 9.64. The van der Waals surface area contributed by atoms with Crippen molar-refractivity contribution in [2.75, 3.05) is 6.61 Å². The molecule has 0 saturated carbocycles. The van der Waals surface area contributed by atoms with Crippen LogP contribution in [0.2, 0.25) is 0 Å². The van der Waals surface area contributed by atoms with Crippen molar-refractivity contribution in [3.8, 4) is 0 Å². The summed E-state index contributed by atoms with van der Waals surface area (Å²) in [6.07, 6.45) is 6.64. The van der Waals surface area contributed by atoms with E-state index in [0.29, 0.717) is 12.0 Å². The van der Waals surface area contributed by atoms with Crippen LogP contribution in [-0.4, -0.2) is 48.8 Å². The molecule has 1 aromatic carbocycles. The summed E-state index contributed by atoms with van der Waals surface area (Å²) in [4.78, 5) is 48.0. The van der Waals surface area contributed by atoms with E-state index in [1.54, 1.807) is 36.4 Å². The first-order valence-electron chi connectivity index (χ1n) is 12.9. The molecule has 0 aromatic heterocycles. The summed E-state index contributed by atoms with van der Waals surface area (Å²) in [7, 11) is 0. The van der Waals surface area contributed by atoms with Gasteiger partial charge >= 0.3 is 23.9 Å². The fourth-order valence-electron chi connectivity index (χ4n) is 3.94. The fourth-order valence-corrected chi connectivity index (χ4v) is 3.94. The van der Waals surface area contributed by atoms with Crippen LogP contribution in [0, 0.1) is 0 Å². The van der Waals surface area contributed by atoms with E-state index < -0.39 is 36.2 Å². The molecule has 1 unspecified atom stereocenters. The lowest BCUT2D eigenvalue weighted by Gasteiger charge is -2.18. The third kappa shape index (κ3) is 10.8. The van der Waals surface area contributed by atoms with E-state index in [2.05, 4.69) is 0 Å². The molecule has 1 aliphatic rings. The molecule has 39 heavy (non-hydrogen) atoms. The van der Waals surface area contributed by atoms with Gasteiger partial charge < -0.3 is 18.9 Å². The smallest absolute Gasteiger partial charge is 0.338 e. The highest BCUT2D eigenvalue weighted by Crippen LogP contribution is 2.28. The van der Waals surface area contributed by atoms with Gasteiger partial charge in [-0.05, 0) is 70.4 Å². The van der Waals surface area contributed by atoms with Crippen LogP contribution in [0.5, 0.6) is 0 Å². The Hall–Kier alpha value is -3.94. The molecule has 2 rings (SSSR count). The van der Waals surface area contributed by atoms with E-state index in [0.717, 1.165) is 23.1 Å². The molecule has 0 amide bonds. The number of cyclic esters (lactones) is 1. The van der Waals surface area contributed by atoms with Gasteiger partial charge in [-0.25, -0.2) is 9.59 Å². The SMILES string of the molecule is CC(=O)OC(C/C=C1\C(=O)O[C@H](C=C(C)C)[C@H]1OC(C)=O)/C(C)=C/CC/C(C)=C\COC(=O)c1ccccc1. The van der Waals surface area contributed by atoms with Crippen molar-refractivity contribution in [2.24, 2.45) is 0 Å². The van der Waals surface area contributed by atoms with Crippen LogP contribution in [-0.2, 0) is 33.3 Å². The fraction of sp³-hybridized carbons (Fsp3) is 0.419. The number of benzene rings is 1. The Morgan fingerprint density at radius 3 is 2.28 bits per heavy atom. The third-order valence-electron chi connectivity index (χ3n) is 5.90. The lowest BCUT2D eigenvalue weighted by molar-refractivity contribution is -0.148. The largest absolute Gasteiger partial charge is 0.458 e. The maximum absolute atomic E-state index is 12.5. The van der Waals surface area contributed by atoms with Crippen LogP contribution in [0.15, 0.2) is 76.9 Å². The average molecular weight is 539 g/mol. The van der Waals surface area contributed by atoms with Crippen molar-refractivity contribution in [2.45, 2.75) is 79.1 Å². The number of esters is 4. The first-order chi connectivity index (χ1) is 18.5. The Kier molecular flexibility index (Phi) is 12.4. The van der Waals surface area contributed by atoms with E-state index in [1.807, 2.05) is 45.9 Å². The van der Waals surface area contributed by atoms with Crippen molar-refractivity contribution in [3.63, 3.8) is 0 Å². The number of ether oxygens (including phenoxy) is 4. The molecule has 0 N–H and O–H groups in total. The second kappa shape index (κ2) is 15.5. The summed E-state index contributed by atoms with van der Waals surface area (Å²) in [5.41, 5.74) is 3.52. The molecule has 0 spiro atoms. The quantitative estimate of drug-likeness (QED) is 0.147. The minimum atomic E-state index is -0.865. The number of carbonyl (C=O) groups is 4. The van der Waals surface area contributed by atoms with Gasteiger partial charge in [0.15, 0.2) is 12.2 Å². The Balaban J connectivity index is 2.02. The first kappa shape index (κ1) is 31.3. The van der Waals surface area contributed by atoms with E-state index in [1.165, 1.54) is 13.8 Å². The number of allylic oxidation sites excluding steroid dienone is 3. The predicted molar refractivity (Wildman–Crippen MR) is 147 cm³/mol. The number of carbonyl (C=O) groups excluding carboxylic acids is 4. The van der Waals surface area contributed by atoms with Crippen LogP contribution >= 0.6 is 0 Å². The average Bonchev–Trinajstić information content (AvgIpc) is 3.14. The van der Waals surface area contributed by atoms with Crippen molar-refractivity contribution < 1.29 is 38.1 Å². The maximum Gasteiger partial charge on any atom is 0.338 e. The molecule has 8 heteroatoms. The van der Waals surface area contributed by atoms with Crippen LogP contribution in [0.3, 0.4) is 0 Å². The molecule has 1 heterocycles. The van der Waals surface area contributed by atoms with Crippen LogP contribution in [0.25, 0.3) is 0 Å². The minimum absolute atomic E-state index is 0.180. The summed E-state index contributed by atoms with van der Waals surface area (Å²) < 4.78 is 21.6. The molecule has 210 valence electrons. The molecule has 0 bridgehead atoms. The zero-order chi connectivity index (χ0) is 28.9. The van der Waals surface area contributed by atoms with Gasteiger partial charge in [-0.3, -0.25) is 9.59 Å². The molecule has 1 aliphatic heterocycles. The van der Waals surface area contributed by atoms with Crippen LogP contribution in [0.4, 0.5) is 0 Å². The van der Waals surface area contributed by atoms with Crippen LogP contribution in [0.1, 0.15) is 71.2 Å². The van der Waals surface area contributed by atoms with Gasteiger partial charge in [-0.2, -0.15) is 0 Å². The van der Waals surface area contributed by atoms with Gasteiger partial charge in [-0.1, -0.05) is 41.5 Å². The minimum Gasteiger partial charge on any atom is -0.458 e.